The number of hydrogen-bond acceptors (Lipinski definition) is 7. The van der Waals surface area contributed by atoms with Crippen LogP contribution in [-0.4, -0.2) is 41.9 Å². The zero-order chi connectivity index (χ0) is 14.6. The Kier molecular flexibility index (Phi) is 5.31. The summed E-state index contributed by atoms with van der Waals surface area (Å²) in [6.07, 6.45) is -1.15. The number of rotatable bonds is 5. The van der Waals surface area contributed by atoms with Crippen molar-refractivity contribution in [3.63, 3.8) is 0 Å². The molecule has 0 aliphatic heterocycles. The van der Waals surface area contributed by atoms with Crippen molar-refractivity contribution in [3.05, 3.63) is 15.0 Å². The first-order valence-corrected chi connectivity index (χ1v) is 6.07. The Labute approximate surface area is 118 Å². The summed E-state index contributed by atoms with van der Waals surface area (Å²) in [5.74, 6) is -2.28. The van der Waals surface area contributed by atoms with E-state index in [0.717, 1.165) is 11.3 Å². The summed E-state index contributed by atoms with van der Waals surface area (Å²) in [7, 11) is 4.65. The smallest absolute Gasteiger partial charge is 0.378 e. The zero-order valence-corrected chi connectivity index (χ0v) is 11.5. The summed E-state index contributed by atoms with van der Waals surface area (Å²) in [6.45, 7) is 2.96. The van der Waals surface area contributed by atoms with Gasteiger partial charge in [0, 0.05) is 0 Å². The third-order valence-electron chi connectivity index (χ3n) is 1.87. The first-order chi connectivity index (χ1) is 8.86. The number of carboxylic acids is 1. The lowest BCUT2D eigenvalue weighted by molar-refractivity contribution is -0.146. The van der Waals surface area contributed by atoms with E-state index in [2.05, 4.69) is 22.8 Å². The van der Waals surface area contributed by atoms with Crippen LogP contribution in [0.3, 0.4) is 0 Å². The molecule has 1 rings (SSSR count). The highest BCUT2D eigenvalue weighted by Gasteiger charge is 2.23. The van der Waals surface area contributed by atoms with Gasteiger partial charge in [-0.05, 0) is 13.8 Å². The predicted molar refractivity (Wildman–Crippen MR) is 68.4 cm³/mol. The molecule has 0 aliphatic rings. The standard InChI is InChI=1S/C9H8BClN2O5S/c1-3(9(16)17-10)18-13-6(8(14)15)5-7(11)19-4(2)12-5/h3H,1-2H3,(H,14,15)/b13-6-/t3-/m1/s1. The van der Waals surface area contributed by atoms with Gasteiger partial charge in [-0.2, -0.15) is 0 Å². The highest BCUT2D eigenvalue weighted by atomic mass is 35.5. The number of carboxylic acid groups (broad SMARTS) is 1. The Morgan fingerprint density at radius 1 is 1.58 bits per heavy atom. The minimum Gasteiger partial charge on any atom is -0.541 e. The molecule has 0 aliphatic carbocycles. The monoisotopic (exact) mass is 302 g/mol. The van der Waals surface area contributed by atoms with Crippen LogP contribution in [0, 0.1) is 6.92 Å². The average Bonchev–Trinajstić information content (AvgIpc) is 2.67. The van der Waals surface area contributed by atoms with Gasteiger partial charge in [-0.3, -0.25) is 0 Å². The molecule has 19 heavy (non-hydrogen) atoms. The number of halogens is 1. The molecule has 1 aromatic heterocycles. The van der Waals surface area contributed by atoms with Gasteiger partial charge in [-0.1, -0.05) is 16.8 Å². The first-order valence-electron chi connectivity index (χ1n) is 4.87. The lowest BCUT2D eigenvalue weighted by Gasteiger charge is -2.07. The zero-order valence-electron chi connectivity index (χ0n) is 9.92. The maximum Gasteiger partial charge on any atom is 0.378 e. The average molecular weight is 303 g/mol. The number of aryl methyl sites for hydroxylation is 1. The second kappa shape index (κ2) is 6.53. The van der Waals surface area contributed by atoms with Gasteiger partial charge < -0.3 is 14.6 Å². The van der Waals surface area contributed by atoms with Crippen LogP contribution in [0.4, 0.5) is 0 Å². The lowest BCUT2D eigenvalue weighted by Crippen LogP contribution is -2.23. The molecule has 0 bridgehead atoms. The molecule has 0 amide bonds. The van der Waals surface area contributed by atoms with Crippen molar-refractivity contribution >= 4 is 48.6 Å². The number of hydrogen-bond donors (Lipinski definition) is 1. The van der Waals surface area contributed by atoms with Gasteiger partial charge in [0.1, 0.15) is 10.0 Å². The minimum absolute atomic E-state index is 0.0232. The molecule has 1 heterocycles. The first kappa shape index (κ1) is 15.5. The summed E-state index contributed by atoms with van der Waals surface area (Å²) in [5, 5.41) is 13.0. The van der Waals surface area contributed by atoms with Gasteiger partial charge >= 0.3 is 20.0 Å². The number of thiazole rings is 1. The molecular formula is C9H8BClN2O5S. The van der Waals surface area contributed by atoms with Gasteiger partial charge in [0.05, 0.1) is 5.01 Å². The number of aromatic nitrogens is 1. The van der Waals surface area contributed by atoms with Crippen LogP contribution in [0.25, 0.3) is 0 Å². The van der Waals surface area contributed by atoms with E-state index in [1.807, 2.05) is 0 Å². The van der Waals surface area contributed by atoms with Crippen molar-refractivity contribution in [2.24, 2.45) is 5.16 Å². The van der Waals surface area contributed by atoms with E-state index in [-0.39, 0.29) is 10.0 Å². The van der Waals surface area contributed by atoms with Crippen LogP contribution < -0.4 is 0 Å². The van der Waals surface area contributed by atoms with Crippen LogP contribution in [0.1, 0.15) is 17.6 Å². The molecule has 0 unspecified atom stereocenters. The number of nitrogens with zero attached hydrogens (tertiary/aromatic N) is 2. The Balaban J connectivity index is 2.99. The molecule has 1 N–H and O–H groups in total. The van der Waals surface area contributed by atoms with Gasteiger partial charge in [0.25, 0.3) is 0 Å². The third-order valence-corrected chi connectivity index (χ3v) is 3.04. The Morgan fingerprint density at radius 3 is 2.63 bits per heavy atom. The van der Waals surface area contributed by atoms with Gasteiger partial charge in [0.2, 0.25) is 11.8 Å². The predicted octanol–water partition coefficient (Wildman–Crippen LogP) is 0.925. The maximum atomic E-state index is 11.1. The van der Waals surface area contributed by atoms with E-state index in [0.29, 0.717) is 5.01 Å². The minimum atomic E-state index is -1.39. The third kappa shape index (κ3) is 3.93. The highest BCUT2D eigenvalue weighted by molar-refractivity contribution is 7.16. The molecule has 0 saturated carbocycles. The summed E-state index contributed by atoms with van der Waals surface area (Å²) < 4.78 is 4.08. The topological polar surface area (TPSA) is 98.1 Å². The highest BCUT2D eigenvalue weighted by Crippen LogP contribution is 2.24. The Hall–Kier alpha value is -1.61. The molecule has 2 radical (unpaired) electrons. The second-order valence-electron chi connectivity index (χ2n) is 3.28. The van der Waals surface area contributed by atoms with Crippen LogP contribution in [0.15, 0.2) is 5.16 Å². The molecular weight excluding hydrogens is 294 g/mol. The summed E-state index contributed by atoms with van der Waals surface area (Å²) in [4.78, 5) is 30.7. The van der Waals surface area contributed by atoms with Crippen LogP contribution in [0.5, 0.6) is 0 Å². The van der Waals surface area contributed by atoms with Crippen molar-refractivity contribution in [2.45, 2.75) is 20.0 Å². The van der Waals surface area contributed by atoms with E-state index < -0.39 is 23.8 Å². The number of carbonyl (C=O) groups is 2. The fourth-order valence-electron chi connectivity index (χ4n) is 1.00. The van der Waals surface area contributed by atoms with Crippen molar-refractivity contribution < 1.29 is 24.2 Å². The molecule has 0 saturated heterocycles. The van der Waals surface area contributed by atoms with E-state index >= 15 is 0 Å². The Bertz CT molecular complexity index is 533. The molecule has 1 atom stereocenters. The van der Waals surface area contributed by atoms with Crippen LogP contribution in [0.2, 0.25) is 4.34 Å². The van der Waals surface area contributed by atoms with E-state index in [9.17, 15) is 9.59 Å². The van der Waals surface area contributed by atoms with E-state index in [1.165, 1.54) is 6.92 Å². The quantitative estimate of drug-likeness (QED) is 0.493. The molecule has 1 aromatic rings. The fourth-order valence-corrected chi connectivity index (χ4v) is 2.10. The van der Waals surface area contributed by atoms with Gasteiger partial charge in [-0.25, -0.2) is 14.6 Å². The molecule has 7 nitrogen and oxygen atoms in total. The van der Waals surface area contributed by atoms with Crippen molar-refractivity contribution in [1.29, 1.82) is 0 Å². The number of oxime groups is 1. The summed E-state index contributed by atoms with van der Waals surface area (Å²) in [5.41, 5.74) is -0.531. The molecule has 0 fully saturated rings. The van der Waals surface area contributed by atoms with Gasteiger partial charge in [0.15, 0.2) is 0 Å². The molecule has 10 heteroatoms. The van der Waals surface area contributed by atoms with Crippen LogP contribution >= 0.6 is 22.9 Å². The Morgan fingerprint density at radius 2 is 2.21 bits per heavy atom. The van der Waals surface area contributed by atoms with Crippen molar-refractivity contribution in [1.82, 2.24) is 4.98 Å². The number of aliphatic carboxylic acids is 1. The summed E-state index contributed by atoms with van der Waals surface area (Å²) >= 11 is 6.94. The summed E-state index contributed by atoms with van der Waals surface area (Å²) in [6, 6.07) is 0. The largest absolute Gasteiger partial charge is 0.541 e. The number of carbonyl (C=O) groups excluding carboxylic acids is 1. The van der Waals surface area contributed by atoms with Crippen LogP contribution in [-0.2, 0) is 19.1 Å². The van der Waals surface area contributed by atoms with E-state index in [4.69, 9.17) is 21.5 Å². The van der Waals surface area contributed by atoms with E-state index in [1.54, 1.807) is 6.92 Å². The lowest BCUT2D eigenvalue weighted by atomic mass is 10.3. The fraction of sp³-hybridized carbons (Fsp3) is 0.333. The van der Waals surface area contributed by atoms with Crippen molar-refractivity contribution in [3.8, 4) is 0 Å². The molecule has 100 valence electrons. The maximum absolute atomic E-state index is 11.1. The van der Waals surface area contributed by atoms with Gasteiger partial charge in [-0.15, -0.1) is 11.3 Å². The molecule has 0 spiro atoms. The van der Waals surface area contributed by atoms with Crippen molar-refractivity contribution in [2.75, 3.05) is 0 Å². The normalized spacial score (nSPS) is 12.9. The molecule has 0 aromatic carbocycles. The SMILES string of the molecule is [B]OC(=O)[C@@H](C)O/N=C(\C(=O)O)c1nc(C)sc1Cl. The second-order valence-corrected chi connectivity index (χ2v) is 5.09.